The maximum atomic E-state index is 13.0. The van der Waals surface area contributed by atoms with E-state index < -0.39 is 17.7 Å². The van der Waals surface area contributed by atoms with Gasteiger partial charge in [-0.1, -0.05) is 29.8 Å². The highest BCUT2D eigenvalue weighted by atomic mass is 35.5. The van der Waals surface area contributed by atoms with E-state index in [2.05, 4.69) is 0 Å². The Morgan fingerprint density at radius 1 is 1.19 bits per heavy atom. The zero-order chi connectivity index (χ0) is 22.5. The third-order valence-electron chi connectivity index (χ3n) is 4.98. The van der Waals surface area contributed by atoms with Gasteiger partial charge in [-0.25, -0.2) is 0 Å². The Labute approximate surface area is 185 Å². The molecule has 0 aliphatic carbocycles. The first-order chi connectivity index (χ1) is 14.9. The van der Waals surface area contributed by atoms with Gasteiger partial charge in [-0.05, 0) is 43.2 Å². The number of aromatic hydroxyl groups is 1. The molecule has 2 aromatic carbocycles. The number of aliphatic hydroxyl groups is 1. The second-order valence-electron chi connectivity index (χ2n) is 7.01. The number of amides is 1. The van der Waals surface area contributed by atoms with E-state index in [0.29, 0.717) is 35.8 Å². The number of rotatable bonds is 8. The fourth-order valence-electron chi connectivity index (χ4n) is 3.60. The number of benzene rings is 2. The largest absolute Gasteiger partial charge is 0.507 e. The summed E-state index contributed by atoms with van der Waals surface area (Å²) in [7, 11) is 1.55. The van der Waals surface area contributed by atoms with Crippen LogP contribution in [0.1, 0.15) is 30.5 Å². The summed E-state index contributed by atoms with van der Waals surface area (Å²) in [6.07, 6.45) is 0.508. The summed E-state index contributed by atoms with van der Waals surface area (Å²) in [6, 6.07) is 10.2. The fourth-order valence-corrected chi connectivity index (χ4v) is 3.79. The van der Waals surface area contributed by atoms with Gasteiger partial charge in [-0.2, -0.15) is 0 Å². The molecule has 1 saturated heterocycles. The maximum absolute atomic E-state index is 13.0. The van der Waals surface area contributed by atoms with Crippen molar-refractivity contribution in [2.75, 3.05) is 26.9 Å². The second-order valence-corrected chi connectivity index (χ2v) is 7.45. The Kier molecular flexibility index (Phi) is 7.20. The van der Waals surface area contributed by atoms with Crippen LogP contribution in [0.3, 0.4) is 0 Å². The number of carbonyl (C=O) groups is 2. The molecule has 3 rings (SSSR count). The lowest BCUT2D eigenvalue weighted by molar-refractivity contribution is -0.140. The van der Waals surface area contributed by atoms with Gasteiger partial charge >= 0.3 is 0 Å². The lowest BCUT2D eigenvalue weighted by atomic mass is 9.95. The van der Waals surface area contributed by atoms with Gasteiger partial charge in [-0.15, -0.1) is 0 Å². The number of ketones is 1. The van der Waals surface area contributed by atoms with Crippen LogP contribution in [0.25, 0.3) is 5.76 Å². The molecule has 0 bridgehead atoms. The van der Waals surface area contributed by atoms with E-state index in [9.17, 15) is 19.8 Å². The average Bonchev–Trinajstić information content (AvgIpc) is 3.00. The van der Waals surface area contributed by atoms with E-state index >= 15 is 0 Å². The highest BCUT2D eigenvalue weighted by molar-refractivity contribution is 6.46. The Balaban J connectivity index is 2.16. The van der Waals surface area contributed by atoms with E-state index in [4.69, 9.17) is 21.1 Å². The minimum atomic E-state index is -0.851. The van der Waals surface area contributed by atoms with Crippen molar-refractivity contribution in [3.8, 4) is 11.5 Å². The number of carbonyl (C=O) groups excluding carboxylic acids is 2. The van der Waals surface area contributed by atoms with Gasteiger partial charge in [0.1, 0.15) is 5.76 Å². The molecular weight excluding hydrogens is 422 g/mol. The Bertz CT molecular complexity index is 1020. The highest BCUT2D eigenvalue weighted by Gasteiger charge is 2.46. The molecule has 2 aromatic rings. The predicted octanol–water partition coefficient (Wildman–Crippen LogP) is 3.90. The molecule has 0 radical (unpaired) electrons. The number of Topliss-reactive ketones (excluding diaryl/α,β-unsaturated/α-hetero) is 1. The number of phenolic OH excluding ortho intramolecular Hbond substituents is 1. The standard InChI is InChI=1S/C23H24ClNO6/c1-3-31-18-13-14(8-9-17(18)26)20-19(21(27)15-6-4-7-16(24)12-15)22(28)23(29)25(20)10-5-11-30-2/h4,6-9,12-13,20,26-27H,3,5,10-11H2,1-2H3/b21-19-. The van der Waals surface area contributed by atoms with Crippen molar-refractivity contribution in [2.24, 2.45) is 0 Å². The van der Waals surface area contributed by atoms with Crippen LogP contribution >= 0.6 is 11.6 Å². The molecular formula is C23H24ClNO6. The molecule has 0 aromatic heterocycles. The molecule has 1 fully saturated rings. The topological polar surface area (TPSA) is 96.3 Å². The second kappa shape index (κ2) is 9.85. The molecule has 1 atom stereocenters. The quantitative estimate of drug-likeness (QED) is 0.277. The lowest BCUT2D eigenvalue weighted by Gasteiger charge is -2.25. The molecule has 1 aliphatic rings. The van der Waals surface area contributed by atoms with Crippen LogP contribution < -0.4 is 4.74 Å². The van der Waals surface area contributed by atoms with Gasteiger partial charge in [0.05, 0.1) is 18.2 Å². The van der Waals surface area contributed by atoms with Crippen LogP contribution in [0, 0.1) is 0 Å². The summed E-state index contributed by atoms with van der Waals surface area (Å²) >= 11 is 6.05. The number of phenols is 1. The van der Waals surface area contributed by atoms with Crippen LogP contribution in [0.2, 0.25) is 5.02 Å². The maximum Gasteiger partial charge on any atom is 0.295 e. The molecule has 8 heteroatoms. The molecule has 164 valence electrons. The first-order valence-corrected chi connectivity index (χ1v) is 10.3. The number of nitrogens with zero attached hydrogens (tertiary/aromatic N) is 1. The van der Waals surface area contributed by atoms with Crippen LogP contribution in [0.4, 0.5) is 0 Å². The lowest BCUT2D eigenvalue weighted by Crippen LogP contribution is -2.31. The average molecular weight is 446 g/mol. The van der Waals surface area contributed by atoms with E-state index in [0.717, 1.165) is 0 Å². The molecule has 7 nitrogen and oxygen atoms in total. The van der Waals surface area contributed by atoms with Crippen molar-refractivity contribution in [3.05, 3.63) is 64.2 Å². The van der Waals surface area contributed by atoms with E-state index in [1.54, 1.807) is 44.4 Å². The van der Waals surface area contributed by atoms with Gasteiger partial charge in [0, 0.05) is 30.8 Å². The van der Waals surface area contributed by atoms with E-state index in [-0.39, 0.29) is 29.4 Å². The molecule has 1 heterocycles. The molecule has 1 amide bonds. The van der Waals surface area contributed by atoms with Crippen LogP contribution in [0.15, 0.2) is 48.0 Å². The normalized spacial score (nSPS) is 17.9. The minimum absolute atomic E-state index is 0.0437. The fraction of sp³-hybridized carbons (Fsp3) is 0.304. The molecule has 31 heavy (non-hydrogen) atoms. The molecule has 0 saturated carbocycles. The van der Waals surface area contributed by atoms with Gasteiger partial charge in [-0.3, -0.25) is 9.59 Å². The summed E-state index contributed by atoms with van der Waals surface area (Å²) in [6.45, 7) is 2.76. The zero-order valence-corrected chi connectivity index (χ0v) is 18.1. The van der Waals surface area contributed by atoms with Gasteiger partial charge in [0.15, 0.2) is 11.5 Å². The number of aliphatic hydroxyl groups excluding tert-OH is 1. The number of methoxy groups -OCH3 is 1. The number of ether oxygens (including phenoxy) is 2. The monoisotopic (exact) mass is 445 g/mol. The zero-order valence-electron chi connectivity index (χ0n) is 17.3. The summed E-state index contributed by atoms with van der Waals surface area (Å²) in [5, 5.41) is 21.5. The first kappa shape index (κ1) is 22.7. The van der Waals surface area contributed by atoms with Crippen LogP contribution in [-0.2, 0) is 14.3 Å². The molecule has 0 spiro atoms. The highest BCUT2D eigenvalue weighted by Crippen LogP contribution is 2.42. The third-order valence-corrected chi connectivity index (χ3v) is 5.22. The SMILES string of the molecule is CCOc1cc(C2/C(=C(/O)c3cccc(Cl)c3)C(=O)C(=O)N2CCCOC)ccc1O. The van der Waals surface area contributed by atoms with Gasteiger partial charge in [0.2, 0.25) is 0 Å². The predicted molar refractivity (Wildman–Crippen MR) is 116 cm³/mol. The van der Waals surface area contributed by atoms with Crippen molar-refractivity contribution < 1.29 is 29.3 Å². The van der Waals surface area contributed by atoms with E-state index in [1.165, 1.54) is 17.0 Å². The Hall–Kier alpha value is -3.03. The summed E-state index contributed by atoms with van der Waals surface area (Å²) in [5.41, 5.74) is 0.815. The molecule has 1 aliphatic heterocycles. The number of hydrogen-bond acceptors (Lipinski definition) is 6. The number of hydrogen-bond donors (Lipinski definition) is 2. The van der Waals surface area contributed by atoms with Gasteiger partial charge in [0.25, 0.3) is 11.7 Å². The smallest absolute Gasteiger partial charge is 0.295 e. The van der Waals surface area contributed by atoms with Crippen molar-refractivity contribution in [2.45, 2.75) is 19.4 Å². The first-order valence-electron chi connectivity index (χ1n) is 9.88. The summed E-state index contributed by atoms with van der Waals surface area (Å²) in [5.74, 6) is -1.64. The molecule has 1 unspecified atom stereocenters. The summed E-state index contributed by atoms with van der Waals surface area (Å²) in [4.78, 5) is 27.2. The van der Waals surface area contributed by atoms with Crippen molar-refractivity contribution in [3.63, 3.8) is 0 Å². The van der Waals surface area contributed by atoms with Crippen LogP contribution in [0.5, 0.6) is 11.5 Å². The van der Waals surface area contributed by atoms with Crippen molar-refractivity contribution >= 4 is 29.1 Å². The Morgan fingerprint density at radius 3 is 2.65 bits per heavy atom. The number of halogens is 1. The third kappa shape index (κ3) is 4.68. The van der Waals surface area contributed by atoms with Crippen LogP contribution in [-0.4, -0.2) is 53.7 Å². The van der Waals surface area contributed by atoms with Crippen molar-refractivity contribution in [1.82, 2.24) is 4.90 Å². The molecule has 2 N–H and O–H groups in total. The summed E-state index contributed by atoms with van der Waals surface area (Å²) < 4.78 is 10.5. The van der Waals surface area contributed by atoms with Crippen molar-refractivity contribution in [1.29, 1.82) is 0 Å². The van der Waals surface area contributed by atoms with Gasteiger partial charge < -0.3 is 24.6 Å². The Morgan fingerprint density at radius 2 is 1.97 bits per heavy atom. The van der Waals surface area contributed by atoms with E-state index in [1.807, 2.05) is 0 Å². The minimum Gasteiger partial charge on any atom is -0.507 e. The number of likely N-dealkylation sites (tertiary alicyclic amines) is 1.